The van der Waals surface area contributed by atoms with Crippen molar-refractivity contribution in [2.45, 2.75) is 26.3 Å². The molecule has 4 nitrogen and oxygen atoms in total. The fourth-order valence-corrected chi connectivity index (χ4v) is 2.76. The lowest BCUT2D eigenvalue weighted by Crippen LogP contribution is -2.53. The van der Waals surface area contributed by atoms with Crippen molar-refractivity contribution in [2.24, 2.45) is 0 Å². The molecule has 0 bridgehead atoms. The van der Waals surface area contributed by atoms with Crippen LogP contribution in [-0.4, -0.2) is 46.8 Å². The van der Waals surface area contributed by atoms with Gasteiger partial charge < -0.3 is 4.90 Å². The maximum Gasteiger partial charge on any atom is 0.0651 e. The molecule has 0 atom stereocenters. The Labute approximate surface area is 114 Å². The molecule has 102 valence electrons. The summed E-state index contributed by atoms with van der Waals surface area (Å²) in [5.41, 5.74) is 2.69. The monoisotopic (exact) mass is 258 g/mol. The molecule has 0 unspecified atom stereocenters. The Morgan fingerprint density at radius 1 is 1.11 bits per heavy atom. The molecule has 19 heavy (non-hydrogen) atoms. The van der Waals surface area contributed by atoms with E-state index < -0.39 is 0 Å². The maximum absolute atomic E-state index is 4.08. The van der Waals surface area contributed by atoms with Crippen LogP contribution in [-0.2, 0) is 0 Å². The van der Waals surface area contributed by atoms with Gasteiger partial charge in [0.05, 0.1) is 11.7 Å². The molecule has 3 rings (SSSR count). The van der Waals surface area contributed by atoms with Crippen LogP contribution in [0.15, 0.2) is 24.4 Å². The van der Waals surface area contributed by atoms with Crippen molar-refractivity contribution in [2.75, 3.05) is 31.1 Å². The molecule has 1 saturated heterocycles. The number of benzene rings is 1. The fraction of sp³-hybridized carbons (Fsp3) is 0.533. The SMILES string of the molecule is CC(C)(C)N1CCN(c2ccc3[nH]ncc3c2)CC1. The molecule has 0 saturated carbocycles. The fourth-order valence-electron chi connectivity index (χ4n) is 2.76. The highest BCUT2D eigenvalue weighted by Gasteiger charge is 2.25. The molecule has 2 aromatic rings. The summed E-state index contributed by atoms with van der Waals surface area (Å²) in [6.07, 6.45) is 1.89. The van der Waals surface area contributed by atoms with Crippen LogP contribution < -0.4 is 4.90 Å². The number of hydrogen-bond acceptors (Lipinski definition) is 3. The second-order valence-electron chi connectivity index (χ2n) is 6.29. The molecule has 0 spiro atoms. The van der Waals surface area contributed by atoms with Crippen LogP contribution >= 0.6 is 0 Å². The first-order valence-corrected chi connectivity index (χ1v) is 6.97. The van der Waals surface area contributed by atoms with Gasteiger partial charge in [-0.3, -0.25) is 10.00 Å². The van der Waals surface area contributed by atoms with Gasteiger partial charge in [-0.2, -0.15) is 5.10 Å². The van der Waals surface area contributed by atoms with E-state index in [0.717, 1.165) is 31.7 Å². The Morgan fingerprint density at radius 2 is 1.84 bits per heavy atom. The first-order chi connectivity index (χ1) is 9.04. The molecule has 0 amide bonds. The van der Waals surface area contributed by atoms with Crippen molar-refractivity contribution in [3.63, 3.8) is 0 Å². The first kappa shape index (κ1) is 12.5. The van der Waals surface area contributed by atoms with E-state index in [-0.39, 0.29) is 5.54 Å². The number of nitrogens with one attached hydrogen (secondary N) is 1. The van der Waals surface area contributed by atoms with Crippen LogP contribution in [0.3, 0.4) is 0 Å². The number of H-pyrrole nitrogens is 1. The molecular formula is C15H22N4. The second kappa shape index (κ2) is 4.53. The predicted octanol–water partition coefficient (Wildman–Crippen LogP) is 2.48. The molecule has 4 heteroatoms. The van der Waals surface area contributed by atoms with E-state index in [0.29, 0.717) is 0 Å². The summed E-state index contributed by atoms with van der Waals surface area (Å²) < 4.78 is 0. The minimum atomic E-state index is 0.278. The van der Waals surface area contributed by atoms with Crippen LogP contribution in [0.4, 0.5) is 5.69 Å². The third-order valence-corrected chi connectivity index (χ3v) is 4.02. The van der Waals surface area contributed by atoms with Crippen molar-refractivity contribution >= 4 is 16.6 Å². The minimum absolute atomic E-state index is 0.278. The number of rotatable bonds is 1. The number of hydrogen-bond donors (Lipinski definition) is 1. The zero-order valence-electron chi connectivity index (χ0n) is 12.0. The highest BCUT2D eigenvalue weighted by atomic mass is 15.3. The molecule has 1 fully saturated rings. The summed E-state index contributed by atoms with van der Waals surface area (Å²) >= 11 is 0. The summed E-state index contributed by atoms with van der Waals surface area (Å²) in [5.74, 6) is 0. The number of anilines is 1. The van der Waals surface area contributed by atoms with Gasteiger partial charge in [0.1, 0.15) is 0 Å². The van der Waals surface area contributed by atoms with Crippen LogP contribution in [0.1, 0.15) is 20.8 Å². The Hall–Kier alpha value is -1.55. The second-order valence-corrected chi connectivity index (χ2v) is 6.29. The van der Waals surface area contributed by atoms with Gasteiger partial charge in [-0.1, -0.05) is 0 Å². The quantitative estimate of drug-likeness (QED) is 0.853. The summed E-state index contributed by atoms with van der Waals surface area (Å²) in [4.78, 5) is 5.02. The van der Waals surface area contributed by atoms with E-state index in [1.807, 2.05) is 6.20 Å². The van der Waals surface area contributed by atoms with E-state index >= 15 is 0 Å². The summed E-state index contributed by atoms with van der Waals surface area (Å²) in [7, 11) is 0. The Bertz CT molecular complexity index is 559. The van der Waals surface area contributed by atoms with E-state index in [1.54, 1.807) is 0 Å². The van der Waals surface area contributed by atoms with Crippen molar-refractivity contribution in [1.82, 2.24) is 15.1 Å². The summed E-state index contributed by atoms with van der Waals surface area (Å²) in [6, 6.07) is 6.53. The van der Waals surface area contributed by atoms with Gasteiger partial charge in [0.2, 0.25) is 0 Å². The van der Waals surface area contributed by atoms with Crippen LogP contribution in [0.2, 0.25) is 0 Å². The van der Waals surface area contributed by atoms with Gasteiger partial charge in [0.25, 0.3) is 0 Å². The Balaban J connectivity index is 1.74. The summed E-state index contributed by atoms with van der Waals surface area (Å²) in [5, 5.41) is 8.27. The average Bonchev–Trinajstić information content (AvgIpc) is 2.85. The highest BCUT2D eigenvalue weighted by molar-refractivity contribution is 5.82. The molecule has 2 heterocycles. The number of piperazine rings is 1. The summed E-state index contributed by atoms with van der Waals surface area (Å²) in [6.45, 7) is 11.3. The molecule has 0 aliphatic carbocycles. The zero-order valence-corrected chi connectivity index (χ0v) is 12.0. The van der Waals surface area contributed by atoms with Crippen LogP contribution in [0.25, 0.3) is 10.9 Å². The third-order valence-electron chi connectivity index (χ3n) is 4.02. The molecule has 1 aliphatic rings. The van der Waals surface area contributed by atoms with Crippen molar-refractivity contribution in [1.29, 1.82) is 0 Å². The van der Waals surface area contributed by atoms with Crippen molar-refractivity contribution < 1.29 is 0 Å². The minimum Gasteiger partial charge on any atom is -0.369 e. The molecule has 1 aromatic heterocycles. The predicted molar refractivity (Wildman–Crippen MR) is 79.6 cm³/mol. The standard InChI is InChI=1S/C15H22N4/c1-15(2,3)19-8-6-18(7-9-19)13-4-5-14-12(10-13)11-16-17-14/h4-5,10-11H,6-9H2,1-3H3,(H,16,17). The largest absolute Gasteiger partial charge is 0.369 e. The number of fused-ring (bicyclic) bond motifs is 1. The molecule has 1 N–H and O–H groups in total. The van der Waals surface area contributed by atoms with Gasteiger partial charge >= 0.3 is 0 Å². The van der Waals surface area contributed by atoms with Gasteiger partial charge in [-0.15, -0.1) is 0 Å². The van der Waals surface area contributed by atoms with Crippen molar-refractivity contribution in [3.05, 3.63) is 24.4 Å². The third kappa shape index (κ3) is 2.45. The number of aromatic nitrogens is 2. The van der Waals surface area contributed by atoms with Crippen LogP contribution in [0, 0.1) is 0 Å². The lowest BCUT2D eigenvalue weighted by atomic mass is 10.0. The van der Waals surface area contributed by atoms with Crippen LogP contribution in [0.5, 0.6) is 0 Å². The highest BCUT2D eigenvalue weighted by Crippen LogP contribution is 2.23. The number of nitrogens with zero attached hydrogens (tertiary/aromatic N) is 3. The van der Waals surface area contributed by atoms with Crippen molar-refractivity contribution in [3.8, 4) is 0 Å². The van der Waals surface area contributed by atoms with Gasteiger partial charge in [-0.25, -0.2) is 0 Å². The smallest absolute Gasteiger partial charge is 0.0651 e. The van der Waals surface area contributed by atoms with E-state index in [9.17, 15) is 0 Å². The van der Waals surface area contributed by atoms with Gasteiger partial charge in [0, 0.05) is 42.8 Å². The van der Waals surface area contributed by atoms with E-state index in [1.165, 1.54) is 11.1 Å². The maximum atomic E-state index is 4.08. The Kier molecular flexibility index (Phi) is 2.97. The molecule has 1 aliphatic heterocycles. The van der Waals surface area contributed by atoms with E-state index in [2.05, 4.69) is 59.0 Å². The molecule has 1 aromatic carbocycles. The lowest BCUT2D eigenvalue weighted by molar-refractivity contribution is 0.128. The number of aromatic amines is 1. The average molecular weight is 258 g/mol. The van der Waals surface area contributed by atoms with Gasteiger partial charge in [-0.05, 0) is 39.0 Å². The molecule has 0 radical (unpaired) electrons. The van der Waals surface area contributed by atoms with E-state index in [4.69, 9.17) is 0 Å². The molecular weight excluding hydrogens is 236 g/mol. The normalized spacial score (nSPS) is 18.2. The lowest BCUT2D eigenvalue weighted by Gasteiger charge is -2.43. The van der Waals surface area contributed by atoms with Gasteiger partial charge in [0.15, 0.2) is 0 Å². The first-order valence-electron chi connectivity index (χ1n) is 6.97. The Morgan fingerprint density at radius 3 is 2.53 bits per heavy atom. The zero-order chi connectivity index (χ0) is 13.5. The topological polar surface area (TPSA) is 35.2 Å².